The molecule has 0 saturated carbocycles. The Morgan fingerprint density at radius 3 is 2.06 bits per heavy atom. The van der Waals surface area contributed by atoms with Crippen molar-refractivity contribution in [2.24, 2.45) is 0 Å². The summed E-state index contributed by atoms with van der Waals surface area (Å²) in [6.45, 7) is 0.851. The smallest absolute Gasteiger partial charge is 0.326 e. The lowest BCUT2D eigenvalue weighted by Gasteiger charge is -2.15. The van der Waals surface area contributed by atoms with Crippen LogP contribution in [0.1, 0.15) is 17.3 Å². The van der Waals surface area contributed by atoms with E-state index in [1.807, 2.05) is 0 Å². The summed E-state index contributed by atoms with van der Waals surface area (Å²) in [7, 11) is 4.23. The number of amides is 2. The second-order valence-electron chi connectivity index (χ2n) is 6.52. The van der Waals surface area contributed by atoms with Crippen molar-refractivity contribution in [2.45, 2.75) is 13.0 Å². The zero-order valence-electron chi connectivity index (χ0n) is 18.4. The molecule has 0 radical (unpaired) electrons. The molecule has 0 bridgehead atoms. The Labute approximate surface area is 188 Å². The molecule has 0 aromatic heterocycles. The summed E-state index contributed by atoms with van der Waals surface area (Å²) >= 11 is 0. The van der Waals surface area contributed by atoms with Gasteiger partial charge in [-0.2, -0.15) is 0 Å². The third-order valence-corrected chi connectivity index (χ3v) is 4.34. The monoisotopic (exact) mass is 461 g/mol. The van der Waals surface area contributed by atoms with Crippen LogP contribution in [-0.2, 0) is 14.3 Å². The number of carbonyl (C=O) groups excluding carboxylic acids is 3. The predicted molar refractivity (Wildman–Crippen MR) is 116 cm³/mol. The fourth-order valence-electron chi connectivity index (χ4n) is 2.67. The van der Waals surface area contributed by atoms with E-state index in [-0.39, 0.29) is 22.7 Å². The van der Waals surface area contributed by atoms with Crippen LogP contribution in [-0.4, -0.2) is 56.7 Å². The largest absolute Gasteiger partial charge is 0.493 e. The van der Waals surface area contributed by atoms with E-state index in [4.69, 9.17) is 18.9 Å². The highest BCUT2D eigenvalue weighted by Crippen LogP contribution is 2.38. The number of carbonyl (C=O) groups is 3. The van der Waals surface area contributed by atoms with Crippen LogP contribution in [0.5, 0.6) is 17.2 Å². The number of rotatable bonds is 10. The Kier molecular flexibility index (Phi) is 8.55. The van der Waals surface area contributed by atoms with Gasteiger partial charge in [-0.3, -0.25) is 24.5 Å². The Morgan fingerprint density at radius 2 is 1.58 bits per heavy atom. The zero-order chi connectivity index (χ0) is 24.5. The van der Waals surface area contributed by atoms with Crippen LogP contribution in [0.15, 0.2) is 36.4 Å². The molecular weight excluding hydrogens is 438 g/mol. The molecule has 2 aromatic carbocycles. The van der Waals surface area contributed by atoms with Gasteiger partial charge in [0.15, 0.2) is 17.6 Å². The number of nitro benzene ring substituents is 1. The van der Waals surface area contributed by atoms with Gasteiger partial charge in [-0.15, -0.1) is 0 Å². The first-order chi connectivity index (χ1) is 15.7. The van der Waals surface area contributed by atoms with Gasteiger partial charge in [0.1, 0.15) is 6.54 Å². The Morgan fingerprint density at radius 1 is 1.00 bits per heavy atom. The van der Waals surface area contributed by atoms with E-state index >= 15 is 0 Å². The quantitative estimate of drug-likeness (QED) is 0.307. The number of nitro groups is 1. The van der Waals surface area contributed by atoms with Crippen molar-refractivity contribution in [2.75, 3.05) is 33.2 Å². The average Bonchev–Trinajstić information content (AvgIpc) is 2.81. The van der Waals surface area contributed by atoms with Crippen LogP contribution in [0.4, 0.5) is 11.4 Å². The molecule has 12 nitrogen and oxygen atoms in total. The lowest BCUT2D eigenvalue weighted by Crippen LogP contribution is -2.35. The first-order valence-corrected chi connectivity index (χ1v) is 9.53. The maximum absolute atomic E-state index is 12.4. The number of ether oxygens (including phenoxy) is 4. The molecule has 0 heterocycles. The summed E-state index contributed by atoms with van der Waals surface area (Å²) in [6, 6.07) is 7.99. The molecule has 0 fully saturated rings. The molecule has 176 valence electrons. The molecule has 1 unspecified atom stereocenters. The third-order valence-electron chi connectivity index (χ3n) is 4.34. The Balaban J connectivity index is 1.91. The van der Waals surface area contributed by atoms with E-state index in [1.165, 1.54) is 64.7 Å². The molecule has 0 spiro atoms. The standard InChI is InChI=1S/C21H23N3O9/c1-12(20(26)23-14-5-7-15(8-6-14)24(28)29)33-18(25)11-22-21(27)13-9-16(30-2)19(32-4)17(10-13)31-3/h5-10,12H,11H2,1-4H3,(H,22,27)(H,23,26). The summed E-state index contributed by atoms with van der Waals surface area (Å²) in [4.78, 5) is 46.8. The maximum atomic E-state index is 12.4. The van der Waals surface area contributed by atoms with E-state index < -0.39 is 35.4 Å². The lowest BCUT2D eigenvalue weighted by molar-refractivity contribution is -0.384. The lowest BCUT2D eigenvalue weighted by atomic mass is 10.1. The minimum Gasteiger partial charge on any atom is -0.493 e. The SMILES string of the molecule is COc1cc(C(=O)NCC(=O)OC(C)C(=O)Nc2ccc([N+](=O)[O-])cc2)cc(OC)c1OC. The van der Waals surface area contributed by atoms with Crippen LogP contribution in [0.2, 0.25) is 0 Å². The van der Waals surface area contributed by atoms with E-state index in [0.717, 1.165) is 0 Å². The van der Waals surface area contributed by atoms with Crippen molar-refractivity contribution >= 4 is 29.2 Å². The van der Waals surface area contributed by atoms with Crippen molar-refractivity contribution in [1.29, 1.82) is 0 Å². The molecule has 2 N–H and O–H groups in total. The molecule has 2 rings (SSSR count). The van der Waals surface area contributed by atoms with Crippen molar-refractivity contribution < 1.29 is 38.3 Å². The van der Waals surface area contributed by atoms with Gasteiger partial charge in [0, 0.05) is 23.4 Å². The van der Waals surface area contributed by atoms with E-state index in [1.54, 1.807) is 0 Å². The van der Waals surface area contributed by atoms with Crippen LogP contribution < -0.4 is 24.8 Å². The topological polar surface area (TPSA) is 155 Å². The number of non-ortho nitro benzene ring substituents is 1. The highest BCUT2D eigenvalue weighted by atomic mass is 16.6. The highest BCUT2D eigenvalue weighted by Gasteiger charge is 2.20. The Hall–Kier alpha value is -4.35. The van der Waals surface area contributed by atoms with Gasteiger partial charge in [-0.05, 0) is 31.2 Å². The van der Waals surface area contributed by atoms with Crippen molar-refractivity contribution in [3.8, 4) is 17.2 Å². The zero-order valence-corrected chi connectivity index (χ0v) is 18.4. The number of anilines is 1. The van der Waals surface area contributed by atoms with Crippen molar-refractivity contribution in [3.63, 3.8) is 0 Å². The molecule has 0 aliphatic carbocycles. The average molecular weight is 461 g/mol. The maximum Gasteiger partial charge on any atom is 0.326 e. The van der Waals surface area contributed by atoms with E-state index in [0.29, 0.717) is 11.4 Å². The van der Waals surface area contributed by atoms with Gasteiger partial charge in [0.25, 0.3) is 17.5 Å². The van der Waals surface area contributed by atoms with E-state index in [9.17, 15) is 24.5 Å². The minimum atomic E-state index is -1.18. The first kappa shape index (κ1) is 24.9. The molecule has 0 aliphatic rings. The summed E-state index contributed by atoms with van der Waals surface area (Å²) in [5.41, 5.74) is 0.320. The van der Waals surface area contributed by atoms with Crippen molar-refractivity contribution in [1.82, 2.24) is 5.32 Å². The number of esters is 1. The normalized spacial score (nSPS) is 11.0. The summed E-state index contributed by atoms with van der Waals surface area (Å²) in [5, 5.41) is 15.5. The Bertz CT molecular complexity index is 1010. The molecule has 12 heteroatoms. The van der Waals surface area contributed by atoms with Gasteiger partial charge in [-0.1, -0.05) is 0 Å². The number of benzene rings is 2. The van der Waals surface area contributed by atoms with Crippen molar-refractivity contribution in [3.05, 3.63) is 52.1 Å². The third kappa shape index (κ3) is 6.56. The highest BCUT2D eigenvalue weighted by molar-refractivity contribution is 5.98. The summed E-state index contributed by atoms with van der Waals surface area (Å²) < 4.78 is 20.6. The molecule has 0 aliphatic heterocycles. The van der Waals surface area contributed by atoms with Gasteiger partial charge < -0.3 is 29.6 Å². The molecule has 1 atom stereocenters. The van der Waals surface area contributed by atoms with Gasteiger partial charge in [0.2, 0.25) is 5.75 Å². The fraction of sp³-hybridized carbons (Fsp3) is 0.286. The van der Waals surface area contributed by atoms with Gasteiger partial charge >= 0.3 is 5.97 Å². The molecule has 2 amide bonds. The predicted octanol–water partition coefficient (Wildman–Crippen LogP) is 1.92. The number of methoxy groups -OCH3 is 3. The van der Waals surface area contributed by atoms with Crippen LogP contribution in [0, 0.1) is 10.1 Å². The second kappa shape index (κ2) is 11.3. The molecule has 2 aromatic rings. The number of nitrogens with zero attached hydrogens (tertiary/aromatic N) is 1. The van der Waals surface area contributed by atoms with Crippen LogP contribution >= 0.6 is 0 Å². The number of nitrogens with one attached hydrogen (secondary N) is 2. The minimum absolute atomic E-state index is 0.129. The van der Waals surface area contributed by atoms with Gasteiger partial charge in [-0.25, -0.2) is 0 Å². The molecule has 33 heavy (non-hydrogen) atoms. The van der Waals surface area contributed by atoms with Crippen LogP contribution in [0.25, 0.3) is 0 Å². The fourth-order valence-corrected chi connectivity index (χ4v) is 2.67. The summed E-state index contributed by atoms with van der Waals surface area (Å²) in [5.74, 6) is -1.25. The van der Waals surface area contributed by atoms with E-state index in [2.05, 4.69) is 10.6 Å². The summed E-state index contributed by atoms with van der Waals surface area (Å²) in [6.07, 6.45) is -1.18. The van der Waals surface area contributed by atoms with Crippen LogP contribution in [0.3, 0.4) is 0 Å². The molecule has 0 saturated heterocycles. The number of hydrogen-bond acceptors (Lipinski definition) is 9. The number of hydrogen-bond donors (Lipinski definition) is 2. The second-order valence-corrected chi connectivity index (χ2v) is 6.52. The first-order valence-electron chi connectivity index (χ1n) is 9.53. The van der Waals surface area contributed by atoms with Gasteiger partial charge in [0.05, 0.1) is 26.3 Å². The molecular formula is C21H23N3O9.